The van der Waals surface area contributed by atoms with Gasteiger partial charge in [0, 0.05) is 0 Å². The third kappa shape index (κ3) is 16.0. The van der Waals surface area contributed by atoms with E-state index in [-0.39, 0.29) is 12.4 Å². The van der Waals surface area contributed by atoms with Crippen LogP contribution < -0.4 is 12.4 Å². The van der Waals surface area contributed by atoms with Gasteiger partial charge in [0.2, 0.25) is 0 Å². The lowest BCUT2D eigenvalue weighted by Gasteiger charge is -2.28. The Morgan fingerprint density at radius 3 is 1.55 bits per heavy atom. The van der Waals surface area contributed by atoms with Crippen LogP contribution in [0.3, 0.4) is 0 Å². The molecule has 2 heteroatoms. The Kier molecular flexibility index (Phi) is 17.1. The van der Waals surface area contributed by atoms with E-state index in [0.29, 0.717) is 0 Å². The highest BCUT2D eigenvalue weighted by Gasteiger charge is 2.10. The van der Waals surface area contributed by atoms with Crippen LogP contribution in [0.1, 0.15) is 77.6 Å². The molecule has 0 rings (SSSR count). The van der Waals surface area contributed by atoms with Gasteiger partial charge in [-0.05, 0) is 18.9 Å². The van der Waals surface area contributed by atoms with E-state index in [1.54, 1.807) is 0 Å². The van der Waals surface area contributed by atoms with Gasteiger partial charge in [0.15, 0.2) is 0 Å². The highest BCUT2D eigenvalue weighted by molar-refractivity contribution is 4.64. The Bertz CT molecular complexity index is 202. The molecule has 0 spiro atoms. The largest absolute Gasteiger partial charge is 1.00 e. The highest BCUT2D eigenvalue weighted by Crippen LogP contribution is 2.12. The Morgan fingerprint density at radius 1 is 0.750 bits per heavy atom. The molecule has 0 saturated heterocycles. The van der Waals surface area contributed by atoms with Gasteiger partial charge in [-0.2, -0.15) is 0 Å². The van der Waals surface area contributed by atoms with Gasteiger partial charge in [0.05, 0.1) is 27.2 Å². The quantitative estimate of drug-likeness (QED) is 0.263. The predicted octanol–water partition coefficient (Wildman–Crippen LogP) is 2.56. The van der Waals surface area contributed by atoms with E-state index < -0.39 is 0 Å². The van der Waals surface area contributed by atoms with Gasteiger partial charge in [-0.15, -0.1) is 0 Å². The van der Waals surface area contributed by atoms with E-state index in [4.69, 9.17) is 0 Å². The number of likely N-dealkylation sites (N-methyl/N-ethyl adjacent to an activating group) is 1. The molecule has 0 unspecified atom stereocenters. The molecule has 0 aromatic carbocycles. The van der Waals surface area contributed by atoms with E-state index in [1.807, 2.05) is 6.08 Å². The van der Waals surface area contributed by atoms with Crippen molar-refractivity contribution in [1.82, 2.24) is 0 Å². The fraction of sp³-hybridized carbons (Fsp3) is 0.889. The molecule has 0 heterocycles. The predicted molar refractivity (Wildman–Crippen MR) is 88.5 cm³/mol. The number of hydrogen-bond donors (Lipinski definition) is 0. The smallest absolute Gasteiger partial charge is 0.0966 e. The van der Waals surface area contributed by atoms with Crippen LogP contribution in [0.25, 0.3) is 0 Å². The Hall–Kier alpha value is -0.0100. The second-order valence-corrected chi connectivity index (χ2v) is 6.67. The van der Waals surface area contributed by atoms with Crippen molar-refractivity contribution in [1.29, 1.82) is 0 Å². The lowest BCUT2D eigenvalue weighted by Crippen LogP contribution is -3.00. The normalized spacial score (nSPS) is 11.2. The lowest BCUT2D eigenvalue weighted by atomic mass is 10.1. The van der Waals surface area contributed by atoms with E-state index in [1.165, 1.54) is 77.2 Å². The molecule has 0 atom stereocenters. The van der Waals surface area contributed by atoms with Gasteiger partial charge >= 0.3 is 0 Å². The third-order valence-electron chi connectivity index (χ3n) is 3.99. The summed E-state index contributed by atoms with van der Waals surface area (Å²) in [6.07, 6.45) is 17.8. The number of quaternary nitrogens is 1. The van der Waals surface area contributed by atoms with Crippen LogP contribution in [-0.4, -0.2) is 31.7 Å². The minimum atomic E-state index is 0. The molecule has 0 aliphatic rings. The molecule has 122 valence electrons. The Balaban J connectivity index is 0. The van der Waals surface area contributed by atoms with Crippen molar-refractivity contribution in [2.75, 3.05) is 27.2 Å². The lowest BCUT2D eigenvalue weighted by molar-refractivity contribution is -0.884. The van der Waals surface area contributed by atoms with Gasteiger partial charge in [-0.3, -0.25) is 0 Å². The van der Waals surface area contributed by atoms with E-state index in [0.717, 1.165) is 11.0 Å². The summed E-state index contributed by atoms with van der Waals surface area (Å²) in [5.41, 5.74) is 0. The molecule has 0 saturated carbocycles. The van der Waals surface area contributed by atoms with Crippen molar-refractivity contribution in [2.24, 2.45) is 0 Å². The van der Waals surface area contributed by atoms with Crippen molar-refractivity contribution in [3.63, 3.8) is 0 Å². The van der Waals surface area contributed by atoms with Gasteiger partial charge in [0.1, 0.15) is 0 Å². The number of hydrogen-bond acceptors (Lipinski definition) is 0. The van der Waals surface area contributed by atoms with Crippen LogP contribution in [0.5, 0.6) is 0 Å². The number of rotatable bonds is 14. The first kappa shape index (κ1) is 22.3. The number of nitrogens with zero attached hydrogens (tertiary/aromatic N) is 1. The standard InChI is InChI=1S/C18H38N.ClH/c1-5-7-8-9-10-11-12-13-14-15-16-18-19(3,4)17-6-2;/h6H,2,5,7-18H2,1,3-4H3;1H/q+1;/p-1. The van der Waals surface area contributed by atoms with Crippen molar-refractivity contribution in [2.45, 2.75) is 77.6 Å². The molecule has 0 aromatic rings. The highest BCUT2D eigenvalue weighted by atomic mass is 35.5. The number of unbranched alkanes of at least 4 members (excludes halogenated alkanes) is 10. The maximum atomic E-state index is 3.83. The molecule has 1 nitrogen and oxygen atoms in total. The summed E-state index contributed by atoms with van der Waals surface area (Å²) in [4.78, 5) is 0. The summed E-state index contributed by atoms with van der Waals surface area (Å²) in [6, 6.07) is 0. The summed E-state index contributed by atoms with van der Waals surface area (Å²) in [6.45, 7) is 8.51. The maximum absolute atomic E-state index is 3.83. The first-order chi connectivity index (χ1) is 9.12. The first-order valence-electron chi connectivity index (χ1n) is 8.55. The van der Waals surface area contributed by atoms with Gasteiger partial charge in [-0.25, -0.2) is 0 Å². The fourth-order valence-corrected chi connectivity index (χ4v) is 2.64. The zero-order valence-electron chi connectivity index (χ0n) is 14.3. The average molecular weight is 304 g/mol. The molecule has 20 heavy (non-hydrogen) atoms. The van der Waals surface area contributed by atoms with Gasteiger partial charge in [-0.1, -0.05) is 71.3 Å². The van der Waals surface area contributed by atoms with E-state index >= 15 is 0 Å². The average Bonchev–Trinajstić information content (AvgIpc) is 2.36. The molecule has 0 radical (unpaired) electrons. The van der Waals surface area contributed by atoms with Crippen LogP contribution in [-0.2, 0) is 0 Å². The second kappa shape index (κ2) is 15.4. The number of halogens is 1. The van der Waals surface area contributed by atoms with Crippen molar-refractivity contribution < 1.29 is 16.9 Å². The zero-order chi connectivity index (χ0) is 14.4. The molecule has 0 aliphatic carbocycles. The zero-order valence-corrected chi connectivity index (χ0v) is 15.1. The fourth-order valence-electron chi connectivity index (χ4n) is 2.64. The molecule has 0 aromatic heterocycles. The molecule has 0 aliphatic heterocycles. The van der Waals surface area contributed by atoms with Crippen molar-refractivity contribution in [3.05, 3.63) is 12.7 Å². The summed E-state index contributed by atoms with van der Waals surface area (Å²) in [7, 11) is 4.61. The molecule has 0 N–H and O–H groups in total. The summed E-state index contributed by atoms with van der Waals surface area (Å²) < 4.78 is 1.10. The van der Waals surface area contributed by atoms with Crippen molar-refractivity contribution in [3.8, 4) is 0 Å². The topological polar surface area (TPSA) is 0 Å². The third-order valence-corrected chi connectivity index (χ3v) is 3.99. The Morgan fingerprint density at radius 2 is 1.15 bits per heavy atom. The van der Waals surface area contributed by atoms with E-state index in [2.05, 4.69) is 27.6 Å². The second-order valence-electron chi connectivity index (χ2n) is 6.67. The molecular formula is C18H38ClN. The summed E-state index contributed by atoms with van der Waals surface area (Å²) in [5.74, 6) is 0. The SMILES string of the molecule is C=CC[N+](C)(C)CCCCCCCCCCCCC.[Cl-]. The van der Waals surface area contributed by atoms with Gasteiger partial charge < -0.3 is 16.9 Å². The molecular weight excluding hydrogens is 266 g/mol. The monoisotopic (exact) mass is 303 g/mol. The van der Waals surface area contributed by atoms with Crippen molar-refractivity contribution >= 4 is 0 Å². The summed E-state index contributed by atoms with van der Waals surface area (Å²) in [5, 5.41) is 0. The van der Waals surface area contributed by atoms with Crippen LogP contribution in [0, 0.1) is 0 Å². The minimum Gasteiger partial charge on any atom is -1.00 e. The van der Waals surface area contributed by atoms with Gasteiger partial charge in [0.25, 0.3) is 0 Å². The summed E-state index contributed by atoms with van der Waals surface area (Å²) >= 11 is 0. The maximum Gasteiger partial charge on any atom is 0.0966 e. The first-order valence-corrected chi connectivity index (χ1v) is 8.55. The minimum absolute atomic E-state index is 0. The van der Waals surface area contributed by atoms with Crippen LogP contribution in [0.2, 0.25) is 0 Å². The van der Waals surface area contributed by atoms with E-state index in [9.17, 15) is 0 Å². The Labute approximate surface area is 134 Å². The van der Waals surface area contributed by atoms with Crippen LogP contribution in [0.4, 0.5) is 0 Å². The van der Waals surface area contributed by atoms with Crippen LogP contribution >= 0.6 is 0 Å². The van der Waals surface area contributed by atoms with Crippen LogP contribution in [0.15, 0.2) is 12.7 Å². The molecule has 0 bridgehead atoms. The molecule has 0 amide bonds. The molecule has 0 fully saturated rings.